The number of pyridine rings is 1. The van der Waals surface area contributed by atoms with Crippen molar-refractivity contribution >= 4 is 17.6 Å². The summed E-state index contributed by atoms with van der Waals surface area (Å²) in [7, 11) is 0. The van der Waals surface area contributed by atoms with E-state index < -0.39 is 24.7 Å². The third-order valence-electron chi connectivity index (χ3n) is 3.30. The largest absolute Gasteiger partial charge is 0.494 e. The van der Waals surface area contributed by atoms with E-state index in [-0.39, 0.29) is 24.5 Å². The number of carboxylic acids is 1. The van der Waals surface area contributed by atoms with Crippen molar-refractivity contribution in [2.75, 3.05) is 18.5 Å². The SMILES string of the molecule is O=C(O)CCCOc1ccc(NC(=O)c2ccnc(OCC(F)(F)F)c2)cc1. The number of benzene rings is 1. The molecule has 1 aromatic heterocycles. The zero-order chi connectivity index (χ0) is 20.6. The Bertz CT molecular complexity index is 810. The highest BCUT2D eigenvalue weighted by Crippen LogP contribution is 2.19. The second kappa shape index (κ2) is 9.58. The Hall–Kier alpha value is -3.30. The summed E-state index contributed by atoms with van der Waals surface area (Å²) in [4.78, 5) is 26.3. The number of aromatic nitrogens is 1. The van der Waals surface area contributed by atoms with Crippen molar-refractivity contribution < 1.29 is 37.3 Å². The van der Waals surface area contributed by atoms with E-state index in [0.717, 1.165) is 6.07 Å². The third kappa shape index (κ3) is 7.52. The molecule has 0 radical (unpaired) electrons. The monoisotopic (exact) mass is 398 g/mol. The van der Waals surface area contributed by atoms with Gasteiger partial charge in [-0.15, -0.1) is 0 Å². The van der Waals surface area contributed by atoms with Crippen molar-refractivity contribution in [2.45, 2.75) is 19.0 Å². The smallest absolute Gasteiger partial charge is 0.422 e. The standard InChI is InChI=1S/C18H17F3N2O5/c19-18(20,21)11-28-15-10-12(7-8-22-15)17(26)23-13-3-5-14(6-4-13)27-9-1-2-16(24)25/h3-8,10H,1-2,9,11H2,(H,23,26)(H,24,25). The number of nitrogens with zero attached hydrogens (tertiary/aromatic N) is 1. The third-order valence-corrected chi connectivity index (χ3v) is 3.30. The number of aliphatic carboxylic acids is 1. The predicted molar refractivity (Wildman–Crippen MR) is 92.5 cm³/mol. The van der Waals surface area contributed by atoms with Gasteiger partial charge in [0.2, 0.25) is 5.88 Å². The molecule has 0 unspecified atom stereocenters. The van der Waals surface area contributed by atoms with Crippen molar-refractivity contribution in [1.29, 1.82) is 0 Å². The molecule has 2 N–H and O–H groups in total. The molecule has 10 heteroatoms. The molecule has 0 aliphatic rings. The molecule has 0 spiro atoms. The number of anilines is 1. The minimum Gasteiger partial charge on any atom is -0.494 e. The van der Waals surface area contributed by atoms with E-state index in [0.29, 0.717) is 17.9 Å². The summed E-state index contributed by atoms with van der Waals surface area (Å²) in [5.41, 5.74) is 0.527. The maximum atomic E-state index is 12.2. The molecule has 1 aromatic carbocycles. The van der Waals surface area contributed by atoms with Crippen LogP contribution in [0.4, 0.5) is 18.9 Å². The highest BCUT2D eigenvalue weighted by molar-refractivity contribution is 6.04. The fraction of sp³-hybridized carbons (Fsp3) is 0.278. The molecular formula is C18H17F3N2O5. The number of ether oxygens (including phenoxy) is 2. The first kappa shape index (κ1) is 21.0. The topological polar surface area (TPSA) is 97.8 Å². The van der Waals surface area contributed by atoms with E-state index in [1.165, 1.54) is 12.3 Å². The molecule has 0 fully saturated rings. The Morgan fingerprint density at radius 3 is 2.46 bits per heavy atom. The lowest BCUT2D eigenvalue weighted by Gasteiger charge is -2.10. The van der Waals surface area contributed by atoms with Crippen LogP contribution in [0.15, 0.2) is 42.6 Å². The molecule has 28 heavy (non-hydrogen) atoms. The summed E-state index contributed by atoms with van der Waals surface area (Å²) in [6, 6.07) is 8.80. The maximum absolute atomic E-state index is 12.2. The molecule has 0 atom stereocenters. The molecule has 0 aliphatic carbocycles. The summed E-state index contributed by atoms with van der Waals surface area (Å²) in [5.74, 6) is -1.25. The summed E-state index contributed by atoms with van der Waals surface area (Å²) >= 11 is 0. The quantitative estimate of drug-likeness (QED) is 0.628. The average molecular weight is 398 g/mol. The molecule has 0 saturated carbocycles. The van der Waals surface area contributed by atoms with E-state index in [9.17, 15) is 22.8 Å². The van der Waals surface area contributed by atoms with Gasteiger partial charge in [-0.3, -0.25) is 9.59 Å². The maximum Gasteiger partial charge on any atom is 0.422 e. The average Bonchev–Trinajstić information content (AvgIpc) is 2.64. The van der Waals surface area contributed by atoms with Gasteiger partial charge in [0, 0.05) is 29.9 Å². The minimum atomic E-state index is -4.50. The molecular weight excluding hydrogens is 381 g/mol. The van der Waals surface area contributed by atoms with Gasteiger partial charge in [-0.05, 0) is 36.8 Å². The van der Waals surface area contributed by atoms with Crippen LogP contribution in [0.25, 0.3) is 0 Å². The Kier molecular flexibility index (Phi) is 7.19. The van der Waals surface area contributed by atoms with Crippen LogP contribution in [0.5, 0.6) is 11.6 Å². The zero-order valence-electron chi connectivity index (χ0n) is 14.5. The van der Waals surface area contributed by atoms with E-state index in [2.05, 4.69) is 15.0 Å². The van der Waals surface area contributed by atoms with Crippen molar-refractivity contribution in [3.05, 3.63) is 48.2 Å². The fourth-order valence-electron chi connectivity index (χ4n) is 2.04. The van der Waals surface area contributed by atoms with E-state index >= 15 is 0 Å². The Morgan fingerprint density at radius 2 is 1.82 bits per heavy atom. The summed E-state index contributed by atoms with van der Waals surface area (Å²) in [6.07, 6.45) is -2.95. The van der Waals surface area contributed by atoms with Crippen LogP contribution < -0.4 is 14.8 Å². The van der Waals surface area contributed by atoms with Gasteiger partial charge in [-0.2, -0.15) is 13.2 Å². The van der Waals surface area contributed by atoms with Crippen LogP contribution in [0.1, 0.15) is 23.2 Å². The molecule has 0 aliphatic heterocycles. The summed E-state index contributed by atoms with van der Waals surface area (Å²) < 4.78 is 46.5. The van der Waals surface area contributed by atoms with Crippen LogP contribution >= 0.6 is 0 Å². The predicted octanol–water partition coefficient (Wildman–Crippen LogP) is 3.52. The van der Waals surface area contributed by atoms with E-state index in [1.807, 2.05) is 0 Å². The van der Waals surface area contributed by atoms with Crippen LogP contribution in [0, 0.1) is 0 Å². The van der Waals surface area contributed by atoms with Crippen molar-refractivity contribution in [1.82, 2.24) is 4.98 Å². The van der Waals surface area contributed by atoms with Gasteiger partial charge in [0.05, 0.1) is 6.61 Å². The van der Waals surface area contributed by atoms with Crippen LogP contribution in [-0.4, -0.2) is 41.4 Å². The summed E-state index contributed by atoms with van der Waals surface area (Å²) in [5, 5.41) is 11.1. The molecule has 0 saturated heterocycles. The molecule has 1 heterocycles. The Labute approximate surface area is 158 Å². The number of halogens is 3. The van der Waals surface area contributed by atoms with E-state index in [4.69, 9.17) is 9.84 Å². The molecule has 2 aromatic rings. The second-order valence-electron chi connectivity index (χ2n) is 5.61. The number of rotatable bonds is 9. The first-order chi connectivity index (χ1) is 13.2. The Morgan fingerprint density at radius 1 is 1.11 bits per heavy atom. The highest BCUT2D eigenvalue weighted by atomic mass is 19.4. The lowest BCUT2D eigenvalue weighted by atomic mass is 10.2. The lowest BCUT2D eigenvalue weighted by molar-refractivity contribution is -0.154. The first-order valence-corrected chi connectivity index (χ1v) is 8.14. The number of nitrogens with one attached hydrogen (secondary N) is 1. The molecule has 0 bridgehead atoms. The van der Waals surface area contributed by atoms with Gasteiger partial charge in [0.25, 0.3) is 5.91 Å². The Balaban J connectivity index is 1.89. The van der Waals surface area contributed by atoms with Crippen LogP contribution in [0.2, 0.25) is 0 Å². The summed E-state index contributed by atoms with van der Waals surface area (Å²) in [6.45, 7) is -1.26. The zero-order valence-corrected chi connectivity index (χ0v) is 14.5. The molecule has 7 nitrogen and oxygen atoms in total. The fourth-order valence-corrected chi connectivity index (χ4v) is 2.04. The number of amides is 1. The number of alkyl halides is 3. The van der Waals surface area contributed by atoms with Gasteiger partial charge in [0.1, 0.15) is 5.75 Å². The van der Waals surface area contributed by atoms with Crippen molar-refractivity contribution in [3.8, 4) is 11.6 Å². The normalized spacial score (nSPS) is 11.0. The van der Waals surface area contributed by atoms with Gasteiger partial charge in [-0.1, -0.05) is 0 Å². The van der Waals surface area contributed by atoms with Gasteiger partial charge in [0.15, 0.2) is 6.61 Å². The van der Waals surface area contributed by atoms with Crippen LogP contribution in [0.3, 0.4) is 0 Å². The minimum absolute atomic E-state index is 0.00868. The molecule has 150 valence electrons. The van der Waals surface area contributed by atoms with Crippen molar-refractivity contribution in [2.24, 2.45) is 0 Å². The van der Waals surface area contributed by atoms with Gasteiger partial charge >= 0.3 is 12.1 Å². The van der Waals surface area contributed by atoms with Crippen molar-refractivity contribution in [3.63, 3.8) is 0 Å². The second-order valence-corrected chi connectivity index (χ2v) is 5.61. The number of carbonyl (C=O) groups is 2. The highest BCUT2D eigenvalue weighted by Gasteiger charge is 2.28. The lowest BCUT2D eigenvalue weighted by Crippen LogP contribution is -2.20. The van der Waals surface area contributed by atoms with Crippen LogP contribution in [-0.2, 0) is 4.79 Å². The van der Waals surface area contributed by atoms with Gasteiger partial charge in [-0.25, -0.2) is 4.98 Å². The molecule has 1 amide bonds. The van der Waals surface area contributed by atoms with Gasteiger partial charge < -0.3 is 19.9 Å². The number of carbonyl (C=O) groups excluding carboxylic acids is 1. The first-order valence-electron chi connectivity index (χ1n) is 8.14. The molecule has 2 rings (SSSR count). The number of hydrogen-bond acceptors (Lipinski definition) is 5. The number of carboxylic acid groups (broad SMARTS) is 1. The number of hydrogen-bond donors (Lipinski definition) is 2. The van der Waals surface area contributed by atoms with E-state index in [1.54, 1.807) is 24.3 Å².